The number of anilines is 4. The maximum atomic E-state index is 12.3. The molecule has 208 valence electrons. The van der Waals surface area contributed by atoms with Crippen LogP contribution < -0.4 is 20.3 Å². The van der Waals surface area contributed by atoms with Gasteiger partial charge in [-0.1, -0.05) is 25.1 Å². The van der Waals surface area contributed by atoms with Crippen LogP contribution in [-0.4, -0.2) is 71.9 Å². The van der Waals surface area contributed by atoms with Crippen LogP contribution in [0.25, 0.3) is 11.4 Å². The Balaban J connectivity index is 1.40. The second-order valence-electron chi connectivity index (χ2n) is 10.1. The molecule has 0 atom stereocenters. The number of amides is 1. The van der Waals surface area contributed by atoms with Gasteiger partial charge in [0, 0.05) is 43.8 Å². The van der Waals surface area contributed by atoms with Crippen LogP contribution in [0.15, 0.2) is 49.3 Å². The third-order valence-electron chi connectivity index (χ3n) is 7.48. The van der Waals surface area contributed by atoms with Crippen molar-refractivity contribution in [3.63, 3.8) is 0 Å². The van der Waals surface area contributed by atoms with Crippen molar-refractivity contribution >= 4 is 34.7 Å². The summed E-state index contributed by atoms with van der Waals surface area (Å²) < 4.78 is 5.73. The van der Waals surface area contributed by atoms with Gasteiger partial charge in [-0.2, -0.15) is 4.98 Å². The standard InChI is InChI=1S/C30H35N7O3/c1-4-28(39)33-23-17-24(27(40-3)18-25(23)36(2)14-15-37-12-6-5-7-13-37)34-30-32-19-31-29(35-30)21-8-10-22-20(16-21)9-11-26(22)38/h4,8,10,16-19H,1,5-7,9,11-15H2,2-3H3,(H,33,39)(H,31,32,34,35). The fourth-order valence-corrected chi connectivity index (χ4v) is 5.24. The van der Waals surface area contributed by atoms with Gasteiger partial charge in [0.25, 0.3) is 0 Å². The second-order valence-corrected chi connectivity index (χ2v) is 10.1. The summed E-state index contributed by atoms with van der Waals surface area (Å²) in [5.74, 6) is 1.26. The maximum absolute atomic E-state index is 12.3. The van der Waals surface area contributed by atoms with Crippen molar-refractivity contribution in [3.05, 3.63) is 60.4 Å². The van der Waals surface area contributed by atoms with Crippen LogP contribution in [0, 0.1) is 0 Å². The first-order chi connectivity index (χ1) is 19.4. The molecule has 3 aromatic rings. The van der Waals surface area contributed by atoms with E-state index in [1.807, 2.05) is 37.4 Å². The molecule has 1 aromatic heterocycles. The molecule has 10 heteroatoms. The number of ether oxygens (including phenoxy) is 1. The number of aryl methyl sites for hydroxylation is 1. The third kappa shape index (κ3) is 6.12. The van der Waals surface area contributed by atoms with Gasteiger partial charge in [-0.05, 0) is 56.1 Å². The predicted molar refractivity (Wildman–Crippen MR) is 157 cm³/mol. The first-order valence-corrected chi connectivity index (χ1v) is 13.7. The third-order valence-corrected chi connectivity index (χ3v) is 7.48. The summed E-state index contributed by atoms with van der Waals surface area (Å²) in [6.07, 6.45) is 7.74. The lowest BCUT2D eigenvalue weighted by molar-refractivity contribution is -0.111. The molecule has 2 aliphatic rings. The van der Waals surface area contributed by atoms with Gasteiger partial charge in [0.2, 0.25) is 11.9 Å². The SMILES string of the molecule is C=CC(=O)Nc1cc(Nc2ncnc(-c3ccc4c(c3)CCC4=O)n2)c(OC)cc1N(C)CCN1CCCCC1. The molecule has 2 aromatic carbocycles. The van der Waals surface area contributed by atoms with Gasteiger partial charge < -0.3 is 25.2 Å². The molecule has 1 aliphatic carbocycles. The molecule has 40 heavy (non-hydrogen) atoms. The van der Waals surface area contributed by atoms with E-state index in [1.165, 1.54) is 31.7 Å². The molecular weight excluding hydrogens is 506 g/mol. The first-order valence-electron chi connectivity index (χ1n) is 13.7. The van der Waals surface area contributed by atoms with E-state index in [0.717, 1.165) is 55.0 Å². The van der Waals surface area contributed by atoms with Crippen LogP contribution in [0.2, 0.25) is 0 Å². The van der Waals surface area contributed by atoms with Gasteiger partial charge in [0.05, 0.1) is 24.2 Å². The largest absolute Gasteiger partial charge is 0.494 e. The van der Waals surface area contributed by atoms with E-state index in [1.54, 1.807) is 7.11 Å². The molecule has 0 radical (unpaired) electrons. The molecule has 10 nitrogen and oxygen atoms in total. The molecule has 0 bridgehead atoms. The van der Waals surface area contributed by atoms with Gasteiger partial charge in [-0.15, -0.1) is 0 Å². The highest BCUT2D eigenvalue weighted by molar-refractivity contribution is 6.02. The highest BCUT2D eigenvalue weighted by Gasteiger charge is 2.21. The zero-order chi connectivity index (χ0) is 28.1. The number of ketones is 1. The number of nitrogens with one attached hydrogen (secondary N) is 2. The average molecular weight is 542 g/mol. The fraction of sp³-hybridized carbons (Fsp3) is 0.367. The second kappa shape index (κ2) is 12.3. The minimum atomic E-state index is -0.306. The van der Waals surface area contributed by atoms with Crippen molar-refractivity contribution < 1.29 is 14.3 Å². The number of hydrogen-bond acceptors (Lipinski definition) is 9. The topological polar surface area (TPSA) is 113 Å². The van der Waals surface area contributed by atoms with Crippen molar-refractivity contribution in [1.29, 1.82) is 0 Å². The number of rotatable bonds is 10. The Morgan fingerprint density at radius 2 is 1.95 bits per heavy atom. The van der Waals surface area contributed by atoms with E-state index in [-0.39, 0.29) is 11.7 Å². The summed E-state index contributed by atoms with van der Waals surface area (Å²) in [5.41, 5.74) is 4.64. The van der Waals surface area contributed by atoms with Crippen molar-refractivity contribution in [3.8, 4) is 17.1 Å². The molecule has 0 spiro atoms. The molecule has 1 fully saturated rings. The Kier molecular flexibility index (Phi) is 8.35. The molecule has 0 unspecified atom stereocenters. The minimum absolute atomic E-state index is 0.173. The molecule has 2 N–H and O–H groups in total. The summed E-state index contributed by atoms with van der Waals surface area (Å²) in [6, 6.07) is 9.39. The van der Waals surface area contributed by atoms with Gasteiger partial charge in [0.1, 0.15) is 12.1 Å². The Hall–Kier alpha value is -4.31. The molecule has 2 heterocycles. The van der Waals surface area contributed by atoms with Crippen molar-refractivity contribution in [2.75, 3.05) is 55.9 Å². The van der Waals surface area contributed by atoms with Gasteiger partial charge in [-0.3, -0.25) is 9.59 Å². The number of carbonyl (C=O) groups excluding carboxylic acids is 2. The summed E-state index contributed by atoms with van der Waals surface area (Å²) in [5, 5.41) is 6.16. The number of hydrogen-bond donors (Lipinski definition) is 2. The average Bonchev–Trinajstić information content (AvgIpc) is 3.36. The monoisotopic (exact) mass is 541 g/mol. The van der Waals surface area contributed by atoms with E-state index in [2.05, 4.69) is 42.0 Å². The molecule has 1 amide bonds. The van der Waals surface area contributed by atoms with Crippen LogP contribution >= 0.6 is 0 Å². The summed E-state index contributed by atoms with van der Waals surface area (Å²) >= 11 is 0. The van der Waals surface area contributed by atoms with Crippen LogP contribution in [-0.2, 0) is 11.2 Å². The number of aromatic nitrogens is 3. The number of methoxy groups -OCH3 is 1. The number of carbonyl (C=O) groups is 2. The quantitative estimate of drug-likeness (QED) is 0.359. The highest BCUT2D eigenvalue weighted by atomic mass is 16.5. The zero-order valence-electron chi connectivity index (χ0n) is 23.1. The molecule has 1 aliphatic heterocycles. The van der Waals surface area contributed by atoms with Crippen molar-refractivity contribution in [2.45, 2.75) is 32.1 Å². The summed E-state index contributed by atoms with van der Waals surface area (Å²) in [4.78, 5) is 42.2. The van der Waals surface area contributed by atoms with E-state index < -0.39 is 0 Å². The van der Waals surface area contributed by atoms with E-state index in [9.17, 15) is 9.59 Å². The van der Waals surface area contributed by atoms with Crippen molar-refractivity contribution in [2.24, 2.45) is 0 Å². The molecule has 1 saturated heterocycles. The maximum Gasteiger partial charge on any atom is 0.247 e. The molecule has 5 rings (SSSR count). The molecule has 0 saturated carbocycles. The Morgan fingerprint density at radius 1 is 1.12 bits per heavy atom. The number of benzene rings is 2. The number of fused-ring (bicyclic) bond motifs is 1. The van der Waals surface area contributed by atoms with E-state index in [0.29, 0.717) is 35.3 Å². The van der Waals surface area contributed by atoms with Gasteiger partial charge in [0.15, 0.2) is 11.6 Å². The zero-order valence-corrected chi connectivity index (χ0v) is 23.1. The molecular formula is C30H35N7O3. The minimum Gasteiger partial charge on any atom is -0.494 e. The van der Waals surface area contributed by atoms with Crippen LogP contribution in [0.4, 0.5) is 23.0 Å². The van der Waals surface area contributed by atoms with Crippen LogP contribution in [0.5, 0.6) is 5.75 Å². The lowest BCUT2D eigenvalue weighted by atomic mass is 10.1. The van der Waals surface area contributed by atoms with E-state index >= 15 is 0 Å². The van der Waals surface area contributed by atoms with Crippen LogP contribution in [0.3, 0.4) is 0 Å². The Labute approximate surface area is 234 Å². The first kappa shape index (κ1) is 27.3. The van der Waals surface area contributed by atoms with Gasteiger partial charge >= 0.3 is 0 Å². The fourth-order valence-electron chi connectivity index (χ4n) is 5.24. The lowest BCUT2D eigenvalue weighted by Gasteiger charge is -2.30. The van der Waals surface area contributed by atoms with Crippen LogP contribution in [0.1, 0.15) is 41.6 Å². The predicted octanol–water partition coefficient (Wildman–Crippen LogP) is 4.47. The smallest absolute Gasteiger partial charge is 0.247 e. The Morgan fingerprint density at radius 3 is 2.73 bits per heavy atom. The van der Waals surface area contributed by atoms with Crippen molar-refractivity contribution in [1.82, 2.24) is 19.9 Å². The number of piperidine rings is 1. The number of likely N-dealkylation sites (tertiary alicyclic amines) is 1. The summed E-state index contributed by atoms with van der Waals surface area (Å²) in [6.45, 7) is 7.59. The normalized spacial score (nSPS) is 14.9. The number of nitrogens with zero attached hydrogens (tertiary/aromatic N) is 5. The Bertz CT molecular complexity index is 1420. The number of Topliss-reactive ketones (excluding diaryl/α,β-unsaturated/α-hetero) is 1. The highest BCUT2D eigenvalue weighted by Crippen LogP contribution is 2.38. The number of likely N-dealkylation sites (N-methyl/N-ethyl adjacent to an activating group) is 1. The van der Waals surface area contributed by atoms with Gasteiger partial charge in [-0.25, -0.2) is 9.97 Å². The van der Waals surface area contributed by atoms with E-state index in [4.69, 9.17) is 4.74 Å². The summed E-state index contributed by atoms with van der Waals surface area (Å²) in [7, 11) is 3.61. The lowest BCUT2D eigenvalue weighted by Crippen LogP contribution is -2.36.